The number of amides is 1. The Bertz CT molecular complexity index is 411. The Morgan fingerprint density at radius 2 is 2.24 bits per heavy atom. The van der Waals surface area contributed by atoms with Gasteiger partial charge >= 0.3 is 0 Å². The molecule has 0 saturated carbocycles. The maximum absolute atomic E-state index is 11.9. The fourth-order valence-corrected chi connectivity index (χ4v) is 2.33. The van der Waals surface area contributed by atoms with Crippen LogP contribution >= 0.6 is 34.2 Å². The lowest BCUT2D eigenvalue weighted by Gasteiger charge is -2.18. The minimum atomic E-state index is -0.480. The molecular formula is C12H16ClIN2O. The van der Waals surface area contributed by atoms with Gasteiger partial charge in [-0.25, -0.2) is 0 Å². The zero-order valence-corrected chi connectivity index (χ0v) is 12.7. The first-order valence-corrected chi connectivity index (χ1v) is 6.92. The average molecular weight is 367 g/mol. The fourth-order valence-electron chi connectivity index (χ4n) is 1.32. The molecule has 1 aromatic rings. The van der Waals surface area contributed by atoms with Crippen molar-refractivity contribution in [3.05, 3.63) is 26.8 Å². The van der Waals surface area contributed by atoms with E-state index in [1.54, 1.807) is 18.2 Å². The van der Waals surface area contributed by atoms with E-state index in [1.165, 1.54) is 0 Å². The van der Waals surface area contributed by atoms with E-state index >= 15 is 0 Å². The van der Waals surface area contributed by atoms with Crippen LogP contribution in [0.15, 0.2) is 18.2 Å². The summed E-state index contributed by atoms with van der Waals surface area (Å²) in [5.74, 6) is 0.0135. The van der Waals surface area contributed by atoms with Crippen LogP contribution in [0.5, 0.6) is 0 Å². The van der Waals surface area contributed by atoms with Crippen LogP contribution in [0.3, 0.4) is 0 Å². The first-order chi connectivity index (χ1) is 7.95. The van der Waals surface area contributed by atoms with Crippen molar-refractivity contribution in [3.8, 4) is 0 Å². The molecule has 0 heterocycles. The standard InChI is InChI=1S/C12H16ClIN2O/c1-3-7(2)11(15)12(17)16-10-5-4-8(13)6-9(10)14/h4-7,11H,3,15H2,1-2H3,(H,16,17)/t7?,11-/m0/s1. The predicted octanol–water partition coefficient (Wildman–Crippen LogP) is 3.26. The van der Waals surface area contributed by atoms with Gasteiger partial charge in [0.05, 0.1) is 11.7 Å². The molecular weight excluding hydrogens is 351 g/mol. The minimum absolute atomic E-state index is 0.153. The molecule has 1 rings (SSSR count). The van der Waals surface area contributed by atoms with Gasteiger partial charge in [-0.1, -0.05) is 31.9 Å². The second-order valence-corrected chi connectivity index (χ2v) is 5.62. The Kier molecular flexibility index (Phi) is 5.69. The summed E-state index contributed by atoms with van der Waals surface area (Å²) in [6.07, 6.45) is 0.881. The molecule has 0 bridgehead atoms. The Morgan fingerprint density at radius 1 is 1.59 bits per heavy atom. The normalized spacial score (nSPS) is 14.2. The quantitative estimate of drug-likeness (QED) is 0.804. The first kappa shape index (κ1) is 14.7. The number of nitrogens with one attached hydrogen (secondary N) is 1. The summed E-state index contributed by atoms with van der Waals surface area (Å²) in [6.45, 7) is 3.99. The molecule has 3 nitrogen and oxygen atoms in total. The monoisotopic (exact) mass is 366 g/mol. The largest absolute Gasteiger partial charge is 0.324 e. The molecule has 94 valence electrons. The van der Waals surface area contributed by atoms with Gasteiger partial charge in [0.2, 0.25) is 5.91 Å². The highest BCUT2D eigenvalue weighted by atomic mass is 127. The van der Waals surface area contributed by atoms with Crippen molar-refractivity contribution >= 4 is 45.8 Å². The van der Waals surface area contributed by atoms with Gasteiger partial charge in [-0.05, 0) is 46.7 Å². The number of hydrogen-bond donors (Lipinski definition) is 2. The molecule has 17 heavy (non-hydrogen) atoms. The van der Waals surface area contributed by atoms with Crippen LogP contribution in [0.25, 0.3) is 0 Å². The summed E-state index contributed by atoms with van der Waals surface area (Å²) in [5, 5.41) is 3.47. The number of hydrogen-bond acceptors (Lipinski definition) is 2. The molecule has 1 unspecified atom stereocenters. The number of nitrogens with two attached hydrogens (primary N) is 1. The third kappa shape index (κ3) is 4.12. The summed E-state index contributed by atoms with van der Waals surface area (Å²) in [6, 6.07) is 4.85. The van der Waals surface area contributed by atoms with Gasteiger partial charge in [0.25, 0.3) is 0 Å². The minimum Gasteiger partial charge on any atom is -0.324 e. The third-order valence-electron chi connectivity index (χ3n) is 2.75. The number of anilines is 1. The Hall–Kier alpha value is -0.330. The van der Waals surface area contributed by atoms with Gasteiger partial charge < -0.3 is 11.1 Å². The molecule has 2 atom stereocenters. The maximum atomic E-state index is 11.9. The Labute approximate surface area is 120 Å². The van der Waals surface area contributed by atoms with E-state index in [9.17, 15) is 4.79 Å². The Balaban J connectivity index is 2.74. The molecule has 1 amide bonds. The van der Waals surface area contributed by atoms with Gasteiger partial charge in [-0.2, -0.15) is 0 Å². The van der Waals surface area contributed by atoms with Gasteiger partial charge in [-0.15, -0.1) is 0 Å². The molecule has 5 heteroatoms. The van der Waals surface area contributed by atoms with E-state index in [2.05, 4.69) is 27.9 Å². The van der Waals surface area contributed by atoms with Gasteiger partial charge in [0, 0.05) is 8.59 Å². The highest BCUT2D eigenvalue weighted by Gasteiger charge is 2.19. The number of carbonyl (C=O) groups excluding carboxylic acids is 1. The van der Waals surface area contributed by atoms with Crippen molar-refractivity contribution in [1.82, 2.24) is 0 Å². The summed E-state index contributed by atoms with van der Waals surface area (Å²) in [5.41, 5.74) is 6.61. The van der Waals surface area contributed by atoms with E-state index in [0.29, 0.717) is 5.02 Å². The van der Waals surface area contributed by atoms with Crippen LogP contribution in [0.4, 0.5) is 5.69 Å². The van der Waals surface area contributed by atoms with Crippen LogP contribution in [-0.4, -0.2) is 11.9 Å². The zero-order valence-electron chi connectivity index (χ0n) is 9.84. The summed E-state index contributed by atoms with van der Waals surface area (Å²) in [7, 11) is 0. The molecule has 0 saturated heterocycles. The predicted molar refractivity (Wildman–Crippen MR) is 80.2 cm³/mol. The van der Waals surface area contributed by atoms with Crippen LogP contribution in [0, 0.1) is 9.49 Å². The second kappa shape index (κ2) is 6.56. The van der Waals surface area contributed by atoms with Crippen molar-refractivity contribution in [2.75, 3.05) is 5.32 Å². The lowest BCUT2D eigenvalue weighted by molar-refractivity contribution is -0.118. The zero-order chi connectivity index (χ0) is 13.0. The molecule has 0 aliphatic heterocycles. The molecule has 0 radical (unpaired) electrons. The van der Waals surface area contributed by atoms with E-state index in [1.807, 2.05) is 13.8 Å². The number of carbonyl (C=O) groups is 1. The second-order valence-electron chi connectivity index (χ2n) is 4.02. The summed E-state index contributed by atoms with van der Waals surface area (Å²) >= 11 is 7.98. The topological polar surface area (TPSA) is 55.1 Å². The average Bonchev–Trinajstić information content (AvgIpc) is 2.30. The number of benzene rings is 1. The first-order valence-electron chi connectivity index (χ1n) is 5.47. The molecule has 3 N–H and O–H groups in total. The van der Waals surface area contributed by atoms with E-state index in [4.69, 9.17) is 17.3 Å². The highest BCUT2D eigenvalue weighted by molar-refractivity contribution is 14.1. The van der Waals surface area contributed by atoms with Crippen molar-refractivity contribution < 1.29 is 4.79 Å². The van der Waals surface area contributed by atoms with Gasteiger partial charge in [-0.3, -0.25) is 4.79 Å². The van der Waals surface area contributed by atoms with Crippen molar-refractivity contribution in [3.63, 3.8) is 0 Å². The Morgan fingerprint density at radius 3 is 2.76 bits per heavy atom. The van der Waals surface area contributed by atoms with Crippen LogP contribution < -0.4 is 11.1 Å². The van der Waals surface area contributed by atoms with Crippen LogP contribution in [-0.2, 0) is 4.79 Å². The summed E-state index contributed by atoms with van der Waals surface area (Å²) < 4.78 is 0.903. The van der Waals surface area contributed by atoms with E-state index < -0.39 is 6.04 Å². The SMILES string of the molecule is CCC(C)[C@H](N)C(=O)Nc1ccc(Cl)cc1I. The van der Waals surface area contributed by atoms with E-state index in [0.717, 1.165) is 15.7 Å². The smallest absolute Gasteiger partial charge is 0.241 e. The van der Waals surface area contributed by atoms with Crippen LogP contribution in [0.2, 0.25) is 5.02 Å². The molecule has 0 aliphatic carbocycles. The van der Waals surface area contributed by atoms with Gasteiger partial charge in [0.1, 0.15) is 0 Å². The number of halogens is 2. The van der Waals surface area contributed by atoms with E-state index in [-0.39, 0.29) is 11.8 Å². The molecule has 0 fully saturated rings. The molecule has 0 aromatic heterocycles. The lowest BCUT2D eigenvalue weighted by Crippen LogP contribution is -2.40. The van der Waals surface area contributed by atoms with Crippen molar-refractivity contribution in [1.29, 1.82) is 0 Å². The lowest BCUT2D eigenvalue weighted by atomic mass is 9.99. The maximum Gasteiger partial charge on any atom is 0.241 e. The summed E-state index contributed by atoms with van der Waals surface area (Å²) in [4.78, 5) is 11.9. The molecule has 1 aromatic carbocycles. The highest BCUT2D eigenvalue weighted by Crippen LogP contribution is 2.22. The van der Waals surface area contributed by atoms with Crippen LogP contribution in [0.1, 0.15) is 20.3 Å². The third-order valence-corrected chi connectivity index (χ3v) is 3.88. The fraction of sp³-hybridized carbons (Fsp3) is 0.417. The van der Waals surface area contributed by atoms with Crippen molar-refractivity contribution in [2.45, 2.75) is 26.3 Å². The molecule has 0 spiro atoms. The molecule has 0 aliphatic rings. The van der Waals surface area contributed by atoms with Crippen molar-refractivity contribution in [2.24, 2.45) is 11.7 Å². The van der Waals surface area contributed by atoms with Gasteiger partial charge in [0.15, 0.2) is 0 Å². The number of rotatable bonds is 4.